The van der Waals surface area contributed by atoms with Gasteiger partial charge in [-0.2, -0.15) is 0 Å². The van der Waals surface area contributed by atoms with Crippen LogP contribution in [0.3, 0.4) is 0 Å². The molecule has 184 valence electrons. The average molecular weight is 500 g/mol. The lowest BCUT2D eigenvalue weighted by Gasteiger charge is -2.18. The van der Waals surface area contributed by atoms with E-state index >= 15 is 0 Å². The van der Waals surface area contributed by atoms with Gasteiger partial charge in [-0.1, -0.05) is 78.0 Å². The van der Waals surface area contributed by atoms with Gasteiger partial charge in [0.1, 0.15) is 0 Å². The second-order valence-corrected chi connectivity index (χ2v) is 9.64. The number of rotatable bonds is 8. The molecule has 0 bridgehead atoms. The maximum atomic E-state index is 12.9. The number of benzene rings is 3. The van der Waals surface area contributed by atoms with Gasteiger partial charge in [0.25, 0.3) is 0 Å². The van der Waals surface area contributed by atoms with Crippen molar-refractivity contribution in [1.29, 1.82) is 0 Å². The molecule has 36 heavy (non-hydrogen) atoms. The summed E-state index contributed by atoms with van der Waals surface area (Å²) in [6, 6.07) is 23.8. The molecule has 0 saturated heterocycles. The zero-order valence-electron chi connectivity index (χ0n) is 20.9. The molecule has 4 aromatic rings. The number of likely N-dealkylation sites (N-methyl/N-ethyl adjacent to an activating group) is 1. The van der Waals surface area contributed by atoms with E-state index in [1.54, 1.807) is 7.05 Å². The van der Waals surface area contributed by atoms with Gasteiger partial charge in [0, 0.05) is 24.0 Å². The van der Waals surface area contributed by atoms with Crippen molar-refractivity contribution in [1.82, 2.24) is 19.7 Å². The second kappa shape index (κ2) is 11.2. The Bertz CT molecular complexity index is 1350. The molecule has 0 aliphatic rings. The smallest absolute Gasteiger partial charge is 0.243 e. The number of thioether (sulfide) groups is 1. The van der Waals surface area contributed by atoms with Crippen molar-refractivity contribution in [2.45, 2.75) is 25.9 Å². The summed E-state index contributed by atoms with van der Waals surface area (Å²) in [5.74, 6) is 0.431. The number of aromatic nitrogens is 3. The van der Waals surface area contributed by atoms with Gasteiger partial charge in [-0.05, 0) is 44.0 Å². The van der Waals surface area contributed by atoms with Crippen molar-refractivity contribution in [2.75, 3.05) is 24.7 Å². The normalized spacial score (nSPS) is 10.8. The molecule has 7 nitrogen and oxygen atoms in total. The van der Waals surface area contributed by atoms with Crippen molar-refractivity contribution in [3.05, 3.63) is 89.5 Å². The van der Waals surface area contributed by atoms with E-state index in [1.165, 1.54) is 16.7 Å². The highest BCUT2D eigenvalue weighted by atomic mass is 32.2. The molecule has 0 atom stereocenters. The van der Waals surface area contributed by atoms with Gasteiger partial charge >= 0.3 is 0 Å². The van der Waals surface area contributed by atoms with Gasteiger partial charge < -0.3 is 10.2 Å². The van der Waals surface area contributed by atoms with Gasteiger partial charge in [0.2, 0.25) is 11.8 Å². The molecule has 0 spiro atoms. The third kappa shape index (κ3) is 5.83. The summed E-state index contributed by atoms with van der Waals surface area (Å²) >= 11 is 1.30. The quantitative estimate of drug-likeness (QED) is 0.343. The number of nitrogens with zero attached hydrogens (tertiary/aromatic N) is 4. The van der Waals surface area contributed by atoms with Gasteiger partial charge in [0.15, 0.2) is 11.0 Å². The summed E-state index contributed by atoms with van der Waals surface area (Å²) in [4.78, 5) is 26.9. The van der Waals surface area contributed by atoms with Gasteiger partial charge in [-0.3, -0.25) is 14.2 Å². The molecule has 0 aliphatic carbocycles. The SMILES string of the molecule is Cc1ccc(-n2c(SCC(=O)N(C)CC(=O)Nc3c(C)cccc3C)nnc2-c2ccccc2)cc1. The molecule has 3 aromatic carbocycles. The third-order valence-corrected chi connectivity index (χ3v) is 6.75. The van der Waals surface area contributed by atoms with Crippen molar-refractivity contribution < 1.29 is 9.59 Å². The number of carbonyl (C=O) groups is 2. The predicted octanol–water partition coefficient (Wildman–Crippen LogP) is 5.05. The summed E-state index contributed by atoms with van der Waals surface area (Å²) in [5, 5.41) is 12.3. The summed E-state index contributed by atoms with van der Waals surface area (Å²) in [6.07, 6.45) is 0. The van der Waals surface area contributed by atoms with Crippen LogP contribution in [0, 0.1) is 20.8 Å². The first kappa shape index (κ1) is 25.2. The first-order chi connectivity index (χ1) is 17.3. The highest BCUT2D eigenvalue weighted by Crippen LogP contribution is 2.28. The van der Waals surface area contributed by atoms with E-state index in [1.807, 2.05) is 98.1 Å². The van der Waals surface area contributed by atoms with Crippen LogP contribution in [-0.4, -0.2) is 50.8 Å². The van der Waals surface area contributed by atoms with Crippen LogP contribution in [0.4, 0.5) is 5.69 Å². The molecule has 1 aromatic heterocycles. The van der Waals surface area contributed by atoms with Gasteiger partial charge in [-0.15, -0.1) is 10.2 Å². The van der Waals surface area contributed by atoms with Crippen LogP contribution < -0.4 is 5.32 Å². The van der Waals surface area contributed by atoms with E-state index in [9.17, 15) is 9.59 Å². The number of nitrogens with one attached hydrogen (secondary N) is 1. The first-order valence-corrected chi connectivity index (χ1v) is 12.6. The molecule has 4 rings (SSSR count). The lowest BCUT2D eigenvalue weighted by molar-refractivity contribution is -0.131. The Kier molecular flexibility index (Phi) is 7.85. The highest BCUT2D eigenvalue weighted by Gasteiger charge is 2.19. The van der Waals surface area contributed by atoms with E-state index in [-0.39, 0.29) is 24.1 Å². The number of aryl methyl sites for hydroxylation is 3. The Hall–Kier alpha value is -3.91. The van der Waals surface area contributed by atoms with Gasteiger partial charge in [0.05, 0.1) is 12.3 Å². The molecular formula is C28H29N5O2S. The number of anilines is 1. The Balaban J connectivity index is 1.46. The zero-order valence-corrected chi connectivity index (χ0v) is 21.7. The minimum atomic E-state index is -0.234. The fourth-order valence-corrected chi connectivity index (χ4v) is 4.69. The van der Waals surface area contributed by atoms with E-state index in [0.717, 1.165) is 33.6 Å². The van der Waals surface area contributed by atoms with Crippen LogP contribution in [-0.2, 0) is 9.59 Å². The molecule has 0 unspecified atom stereocenters. The van der Waals surface area contributed by atoms with E-state index < -0.39 is 0 Å². The molecule has 0 radical (unpaired) electrons. The monoisotopic (exact) mass is 499 g/mol. The summed E-state index contributed by atoms with van der Waals surface area (Å²) < 4.78 is 1.96. The molecule has 0 fully saturated rings. The predicted molar refractivity (Wildman–Crippen MR) is 144 cm³/mol. The zero-order chi connectivity index (χ0) is 25.7. The Morgan fingerprint density at radius 2 is 1.56 bits per heavy atom. The molecule has 0 saturated carbocycles. The molecule has 1 heterocycles. The highest BCUT2D eigenvalue weighted by molar-refractivity contribution is 7.99. The standard InChI is InChI=1S/C28H29N5O2S/c1-19-13-15-23(16-14-19)33-27(22-11-6-5-7-12-22)30-31-28(33)36-18-25(35)32(4)17-24(34)29-26-20(2)9-8-10-21(26)3/h5-16H,17-18H2,1-4H3,(H,29,34). The van der Waals surface area contributed by atoms with E-state index in [0.29, 0.717) is 11.0 Å². The van der Waals surface area contributed by atoms with Crippen LogP contribution in [0.2, 0.25) is 0 Å². The molecular weight excluding hydrogens is 470 g/mol. The lowest BCUT2D eigenvalue weighted by Crippen LogP contribution is -2.36. The topological polar surface area (TPSA) is 80.1 Å². The fourth-order valence-electron chi connectivity index (χ4n) is 3.79. The van der Waals surface area contributed by atoms with Crippen molar-refractivity contribution in [3.63, 3.8) is 0 Å². The summed E-state index contributed by atoms with van der Waals surface area (Å²) in [6.45, 7) is 5.89. The number of hydrogen-bond donors (Lipinski definition) is 1. The maximum Gasteiger partial charge on any atom is 0.243 e. The Labute approximate surface area is 215 Å². The summed E-state index contributed by atoms with van der Waals surface area (Å²) in [5.41, 5.74) is 5.76. The number of carbonyl (C=O) groups excluding carboxylic acids is 2. The van der Waals surface area contributed by atoms with Crippen LogP contribution in [0.15, 0.2) is 78.0 Å². The lowest BCUT2D eigenvalue weighted by atomic mass is 10.1. The van der Waals surface area contributed by atoms with Crippen molar-refractivity contribution >= 4 is 29.3 Å². The van der Waals surface area contributed by atoms with Crippen LogP contribution in [0.5, 0.6) is 0 Å². The second-order valence-electron chi connectivity index (χ2n) is 8.70. The largest absolute Gasteiger partial charge is 0.336 e. The van der Waals surface area contributed by atoms with Crippen molar-refractivity contribution in [2.24, 2.45) is 0 Å². The van der Waals surface area contributed by atoms with Crippen molar-refractivity contribution in [3.8, 4) is 17.1 Å². The minimum Gasteiger partial charge on any atom is -0.336 e. The molecule has 2 amide bonds. The molecule has 0 aliphatic heterocycles. The van der Waals surface area contributed by atoms with E-state index in [2.05, 4.69) is 15.5 Å². The van der Waals surface area contributed by atoms with Gasteiger partial charge in [-0.25, -0.2) is 0 Å². The number of hydrogen-bond acceptors (Lipinski definition) is 5. The van der Waals surface area contributed by atoms with E-state index in [4.69, 9.17) is 0 Å². The summed E-state index contributed by atoms with van der Waals surface area (Å²) in [7, 11) is 1.63. The minimum absolute atomic E-state index is 0.0346. The fraction of sp³-hybridized carbons (Fsp3) is 0.214. The number of amides is 2. The number of para-hydroxylation sites is 1. The average Bonchev–Trinajstić information content (AvgIpc) is 3.29. The van der Waals surface area contributed by atoms with Crippen LogP contribution in [0.25, 0.3) is 17.1 Å². The maximum absolute atomic E-state index is 12.9. The third-order valence-electron chi connectivity index (χ3n) is 5.83. The van der Waals surface area contributed by atoms with Crippen LogP contribution in [0.1, 0.15) is 16.7 Å². The van der Waals surface area contributed by atoms with Crippen LogP contribution >= 0.6 is 11.8 Å². The Morgan fingerprint density at radius 3 is 2.22 bits per heavy atom. The molecule has 1 N–H and O–H groups in total. The molecule has 8 heteroatoms. The first-order valence-electron chi connectivity index (χ1n) is 11.6. The Morgan fingerprint density at radius 1 is 0.889 bits per heavy atom.